The third kappa shape index (κ3) is 7.20. The van der Waals surface area contributed by atoms with E-state index in [4.69, 9.17) is 0 Å². The van der Waals surface area contributed by atoms with Crippen molar-refractivity contribution in [1.82, 2.24) is 0 Å². The summed E-state index contributed by atoms with van der Waals surface area (Å²) in [5.41, 5.74) is 0. The molecule has 0 saturated heterocycles. The molecule has 0 radical (unpaired) electrons. The number of hydrogen-bond donors (Lipinski definition) is 0. The molecule has 0 aromatic rings. The first-order chi connectivity index (χ1) is 6.70. The minimum absolute atomic E-state index is 0.145. The average molecular weight is 206 g/mol. The maximum absolute atomic E-state index is 10.6. The maximum atomic E-state index is 10.6. The van der Waals surface area contributed by atoms with Gasteiger partial charge in [0.25, 0.3) is 0 Å². The Morgan fingerprint density at radius 3 is 2.07 bits per heavy atom. The number of carbonyl (C=O) groups excluding carboxylic acids is 2. The molecule has 0 rings (SSSR count). The van der Waals surface area contributed by atoms with Crippen molar-refractivity contribution in [3.63, 3.8) is 0 Å². The van der Waals surface area contributed by atoms with E-state index in [1.807, 2.05) is 0 Å². The topological polar surface area (TPSA) is 71.1 Å². The van der Waals surface area contributed by atoms with E-state index in [2.05, 4.69) is 18.9 Å². The average Bonchev–Trinajstić information content (AvgIpc) is 2.17. The highest BCUT2D eigenvalue weighted by molar-refractivity contribution is 5.60. The molecule has 0 spiro atoms. The van der Waals surface area contributed by atoms with Crippen LogP contribution >= 0.6 is 0 Å². The highest BCUT2D eigenvalue weighted by atomic mass is 16.7. The molecule has 0 aliphatic rings. The van der Waals surface area contributed by atoms with Crippen LogP contribution < -0.4 is 0 Å². The Hall–Kier alpha value is -1.46. The van der Waals surface area contributed by atoms with Gasteiger partial charge in [-0.2, -0.15) is 0 Å². The first kappa shape index (κ1) is 12.5. The third-order valence-electron chi connectivity index (χ3n) is 1.16. The fourth-order valence-corrected chi connectivity index (χ4v) is 0.588. The molecule has 6 nitrogen and oxygen atoms in total. The number of methoxy groups -OCH3 is 1. The second kappa shape index (κ2) is 8.15. The minimum Gasteiger partial charge on any atom is -0.438 e. The van der Waals surface area contributed by atoms with E-state index in [1.54, 1.807) is 6.92 Å². The summed E-state index contributed by atoms with van der Waals surface area (Å²) >= 11 is 0. The van der Waals surface area contributed by atoms with Crippen LogP contribution in [0.1, 0.15) is 13.3 Å². The molecule has 0 aromatic carbocycles. The molecule has 0 fully saturated rings. The molecular weight excluding hydrogens is 192 g/mol. The van der Waals surface area contributed by atoms with Crippen LogP contribution in [0.2, 0.25) is 0 Å². The van der Waals surface area contributed by atoms with E-state index in [-0.39, 0.29) is 19.8 Å². The summed E-state index contributed by atoms with van der Waals surface area (Å²) in [5, 5.41) is 0. The molecule has 0 unspecified atom stereocenters. The van der Waals surface area contributed by atoms with E-state index in [0.29, 0.717) is 6.42 Å². The molecule has 82 valence electrons. The van der Waals surface area contributed by atoms with Crippen LogP contribution in [0.5, 0.6) is 0 Å². The molecule has 0 aromatic heterocycles. The van der Waals surface area contributed by atoms with Crippen LogP contribution in [0, 0.1) is 0 Å². The van der Waals surface area contributed by atoms with Crippen LogP contribution in [-0.4, -0.2) is 39.2 Å². The zero-order valence-electron chi connectivity index (χ0n) is 8.28. The van der Waals surface area contributed by atoms with Gasteiger partial charge in [0.2, 0.25) is 0 Å². The van der Waals surface area contributed by atoms with Crippen molar-refractivity contribution in [3.8, 4) is 0 Å². The highest BCUT2D eigenvalue weighted by Crippen LogP contribution is 1.90. The summed E-state index contributed by atoms with van der Waals surface area (Å²) in [6, 6.07) is 0. The van der Waals surface area contributed by atoms with Crippen LogP contribution in [0.3, 0.4) is 0 Å². The molecule has 0 aliphatic carbocycles. The standard InChI is InChI=1S/C8H14O6/c1-3-12-8(10)14-6-4-5-13-7(9)11-2/h3-6H2,1-2H3. The molecule has 0 aliphatic heterocycles. The van der Waals surface area contributed by atoms with Gasteiger partial charge in [0.15, 0.2) is 0 Å². The maximum Gasteiger partial charge on any atom is 0.508 e. The molecule has 0 atom stereocenters. The lowest BCUT2D eigenvalue weighted by Gasteiger charge is -2.04. The van der Waals surface area contributed by atoms with Gasteiger partial charge < -0.3 is 18.9 Å². The fraction of sp³-hybridized carbons (Fsp3) is 0.750. The zero-order valence-corrected chi connectivity index (χ0v) is 8.28. The molecule has 0 bridgehead atoms. The first-order valence-electron chi connectivity index (χ1n) is 4.21. The van der Waals surface area contributed by atoms with Gasteiger partial charge in [0.05, 0.1) is 26.9 Å². The lowest BCUT2D eigenvalue weighted by atomic mass is 10.5. The monoisotopic (exact) mass is 206 g/mol. The van der Waals surface area contributed by atoms with Gasteiger partial charge in [0.1, 0.15) is 0 Å². The Labute approximate surface area is 82.1 Å². The van der Waals surface area contributed by atoms with Crippen molar-refractivity contribution in [3.05, 3.63) is 0 Å². The van der Waals surface area contributed by atoms with E-state index in [9.17, 15) is 9.59 Å². The van der Waals surface area contributed by atoms with Crippen molar-refractivity contribution in [1.29, 1.82) is 0 Å². The lowest BCUT2D eigenvalue weighted by Crippen LogP contribution is -2.11. The largest absolute Gasteiger partial charge is 0.508 e. The Bertz CT molecular complexity index is 179. The molecule has 0 saturated carbocycles. The molecular formula is C8H14O6. The van der Waals surface area contributed by atoms with Crippen molar-refractivity contribution in [2.45, 2.75) is 13.3 Å². The second-order valence-electron chi connectivity index (χ2n) is 2.19. The molecule has 0 N–H and O–H groups in total. The van der Waals surface area contributed by atoms with Gasteiger partial charge in [-0.15, -0.1) is 0 Å². The second-order valence-corrected chi connectivity index (χ2v) is 2.19. The van der Waals surface area contributed by atoms with Gasteiger partial charge in [0, 0.05) is 6.42 Å². The van der Waals surface area contributed by atoms with Gasteiger partial charge in [-0.3, -0.25) is 0 Å². The molecule has 0 heterocycles. The van der Waals surface area contributed by atoms with E-state index in [1.165, 1.54) is 7.11 Å². The minimum atomic E-state index is -0.749. The van der Waals surface area contributed by atoms with Gasteiger partial charge in [-0.05, 0) is 6.92 Å². The van der Waals surface area contributed by atoms with Crippen LogP contribution in [0.4, 0.5) is 9.59 Å². The van der Waals surface area contributed by atoms with Crippen molar-refractivity contribution in [2.24, 2.45) is 0 Å². The van der Waals surface area contributed by atoms with Crippen LogP contribution in [0.25, 0.3) is 0 Å². The van der Waals surface area contributed by atoms with Crippen LogP contribution in [-0.2, 0) is 18.9 Å². The van der Waals surface area contributed by atoms with Crippen LogP contribution in [0.15, 0.2) is 0 Å². The molecule has 6 heteroatoms. The first-order valence-corrected chi connectivity index (χ1v) is 4.21. The molecule has 14 heavy (non-hydrogen) atoms. The third-order valence-corrected chi connectivity index (χ3v) is 1.16. The smallest absolute Gasteiger partial charge is 0.438 e. The van der Waals surface area contributed by atoms with Gasteiger partial charge >= 0.3 is 12.3 Å². The highest BCUT2D eigenvalue weighted by Gasteiger charge is 2.02. The number of rotatable bonds is 5. The van der Waals surface area contributed by atoms with E-state index < -0.39 is 12.3 Å². The number of hydrogen-bond acceptors (Lipinski definition) is 6. The van der Waals surface area contributed by atoms with E-state index >= 15 is 0 Å². The summed E-state index contributed by atoms with van der Waals surface area (Å²) < 4.78 is 17.9. The summed E-state index contributed by atoms with van der Waals surface area (Å²) in [4.78, 5) is 21.1. The Balaban J connectivity index is 3.21. The van der Waals surface area contributed by atoms with E-state index in [0.717, 1.165) is 0 Å². The number of carbonyl (C=O) groups is 2. The summed E-state index contributed by atoms with van der Waals surface area (Å²) in [6.07, 6.45) is -1.06. The number of ether oxygens (including phenoxy) is 4. The predicted octanol–water partition coefficient (Wildman–Crippen LogP) is 1.33. The lowest BCUT2D eigenvalue weighted by molar-refractivity contribution is 0.0450. The Kier molecular flexibility index (Phi) is 7.30. The van der Waals surface area contributed by atoms with Crippen molar-refractivity contribution >= 4 is 12.3 Å². The molecule has 0 amide bonds. The SMILES string of the molecule is CCOC(=O)OCCCOC(=O)OC. The van der Waals surface area contributed by atoms with Crippen molar-refractivity contribution < 1.29 is 28.5 Å². The normalized spacial score (nSPS) is 9.00. The van der Waals surface area contributed by atoms with Gasteiger partial charge in [-0.25, -0.2) is 9.59 Å². The Morgan fingerprint density at radius 2 is 1.57 bits per heavy atom. The summed E-state index contributed by atoms with van der Waals surface area (Å²) in [7, 11) is 1.22. The van der Waals surface area contributed by atoms with Crippen molar-refractivity contribution in [2.75, 3.05) is 26.9 Å². The predicted molar refractivity (Wildman–Crippen MR) is 45.9 cm³/mol. The fourth-order valence-electron chi connectivity index (χ4n) is 0.588. The zero-order chi connectivity index (χ0) is 10.8. The summed E-state index contributed by atoms with van der Waals surface area (Å²) in [5.74, 6) is 0. The summed E-state index contributed by atoms with van der Waals surface area (Å²) in [6.45, 7) is 2.25. The Morgan fingerprint density at radius 1 is 1.00 bits per heavy atom. The quantitative estimate of drug-likeness (QED) is 0.499. The van der Waals surface area contributed by atoms with Gasteiger partial charge in [-0.1, -0.05) is 0 Å².